The minimum Gasteiger partial charge on any atom is -0.453 e. The maximum atomic E-state index is 12.5. The van der Waals surface area contributed by atoms with Crippen LogP contribution in [0.3, 0.4) is 0 Å². The number of hydrogen-bond acceptors (Lipinski definition) is 7. The number of rotatable bonds is 3. The van der Waals surface area contributed by atoms with Crippen molar-refractivity contribution in [3.63, 3.8) is 0 Å². The molecule has 0 saturated carbocycles. The number of carbonyl (C=O) groups is 1. The molecule has 134 valence electrons. The first-order chi connectivity index (χ1) is 13.1. The lowest BCUT2D eigenvalue weighted by Gasteiger charge is -2.05. The summed E-state index contributed by atoms with van der Waals surface area (Å²) in [5.41, 5.74) is 0.602. The summed E-state index contributed by atoms with van der Waals surface area (Å²) >= 11 is 2.76. The van der Waals surface area contributed by atoms with E-state index < -0.39 is 5.97 Å². The normalized spacial score (nSPS) is 11.6. The predicted octanol–water partition coefficient (Wildman–Crippen LogP) is 3.21. The van der Waals surface area contributed by atoms with Crippen molar-refractivity contribution in [1.29, 1.82) is 0 Å². The number of aryl methyl sites for hydroxylation is 1. The molecule has 0 N–H and O–H groups in total. The van der Waals surface area contributed by atoms with Crippen LogP contribution in [-0.4, -0.2) is 25.1 Å². The first kappa shape index (κ1) is 16.2. The van der Waals surface area contributed by atoms with E-state index in [0.29, 0.717) is 21.2 Å². The Hall–Kier alpha value is -3.04. The molecule has 9 heteroatoms. The van der Waals surface area contributed by atoms with Gasteiger partial charge >= 0.3 is 5.97 Å². The lowest BCUT2D eigenvalue weighted by atomic mass is 10.2. The highest BCUT2D eigenvalue weighted by Crippen LogP contribution is 2.26. The number of carbonyl (C=O) groups excluding carboxylic acids is 1. The molecule has 0 atom stereocenters. The number of aromatic nitrogens is 4. The minimum atomic E-state index is -0.403. The van der Waals surface area contributed by atoms with E-state index in [9.17, 15) is 9.59 Å². The van der Waals surface area contributed by atoms with Gasteiger partial charge in [-0.05, 0) is 29.0 Å². The first-order valence-electron chi connectivity index (χ1n) is 8.09. The second kappa shape index (κ2) is 6.00. The highest BCUT2D eigenvalue weighted by Gasteiger charge is 2.18. The standard InChI is InChI=1S/C18H12N4O3S2/c1-21-16(23)15-11(6-7-26-15)22-14(19-20-18(21)22)9-25-17(24)13-8-10-4-2-3-5-12(10)27-13/h2-8H,9H2,1H3. The van der Waals surface area contributed by atoms with Gasteiger partial charge in [0.2, 0.25) is 5.78 Å². The van der Waals surface area contributed by atoms with Crippen LogP contribution in [0.2, 0.25) is 0 Å². The molecule has 0 radical (unpaired) electrons. The van der Waals surface area contributed by atoms with E-state index in [1.165, 1.54) is 27.2 Å². The summed E-state index contributed by atoms with van der Waals surface area (Å²) in [5, 5.41) is 11.1. The van der Waals surface area contributed by atoms with Gasteiger partial charge in [-0.1, -0.05) is 18.2 Å². The number of ether oxygens (including phenoxy) is 1. The molecule has 27 heavy (non-hydrogen) atoms. The summed E-state index contributed by atoms with van der Waals surface area (Å²) in [5.74, 6) is 0.483. The molecule has 5 rings (SSSR count). The Morgan fingerprint density at radius 3 is 2.93 bits per heavy atom. The van der Waals surface area contributed by atoms with E-state index in [2.05, 4.69) is 10.2 Å². The topological polar surface area (TPSA) is 78.5 Å². The Balaban J connectivity index is 1.50. The van der Waals surface area contributed by atoms with Gasteiger partial charge in [0.25, 0.3) is 5.56 Å². The summed E-state index contributed by atoms with van der Waals surface area (Å²) < 4.78 is 10.3. The fourth-order valence-corrected chi connectivity index (χ4v) is 4.84. The third-order valence-electron chi connectivity index (χ3n) is 4.36. The van der Waals surface area contributed by atoms with Crippen LogP contribution in [0.5, 0.6) is 0 Å². The van der Waals surface area contributed by atoms with E-state index in [0.717, 1.165) is 15.6 Å². The van der Waals surface area contributed by atoms with Crippen LogP contribution in [0.25, 0.3) is 26.1 Å². The molecule has 0 fully saturated rings. The van der Waals surface area contributed by atoms with Crippen molar-refractivity contribution in [2.75, 3.05) is 0 Å². The van der Waals surface area contributed by atoms with Crippen molar-refractivity contribution in [1.82, 2.24) is 19.2 Å². The summed E-state index contributed by atoms with van der Waals surface area (Å²) in [6.45, 7) is -0.0304. The Labute approximate surface area is 160 Å². The number of esters is 1. The molecule has 0 spiro atoms. The van der Waals surface area contributed by atoms with Crippen LogP contribution >= 0.6 is 22.7 Å². The van der Waals surface area contributed by atoms with Crippen molar-refractivity contribution in [2.24, 2.45) is 7.05 Å². The van der Waals surface area contributed by atoms with E-state index in [1.807, 2.05) is 41.8 Å². The Morgan fingerprint density at radius 2 is 2.07 bits per heavy atom. The van der Waals surface area contributed by atoms with Gasteiger partial charge in [-0.3, -0.25) is 13.8 Å². The van der Waals surface area contributed by atoms with E-state index >= 15 is 0 Å². The molecular weight excluding hydrogens is 384 g/mol. The van der Waals surface area contributed by atoms with Gasteiger partial charge in [0.05, 0.1) is 5.52 Å². The number of hydrogen-bond donors (Lipinski definition) is 0. The maximum Gasteiger partial charge on any atom is 0.348 e. The Bertz CT molecular complexity index is 1360. The molecule has 0 saturated heterocycles. The number of benzene rings is 1. The monoisotopic (exact) mass is 396 g/mol. The molecule has 0 aliphatic carbocycles. The van der Waals surface area contributed by atoms with Gasteiger partial charge in [0, 0.05) is 11.7 Å². The number of fused-ring (bicyclic) bond motifs is 4. The first-order valence-corrected chi connectivity index (χ1v) is 9.79. The van der Waals surface area contributed by atoms with Crippen molar-refractivity contribution in [3.05, 3.63) is 62.8 Å². The van der Waals surface area contributed by atoms with E-state index in [1.54, 1.807) is 11.4 Å². The lowest BCUT2D eigenvalue weighted by molar-refractivity contribution is 0.0467. The fourth-order valence-electron chi connectivity index (χ4n) is 3.03. The van der Waals surface area contributed by atoms with Crippen LogP contribution in [0.4, 0.5) is 0 Å². The lowest BCUT2D eigenvalue weighted by Crippen LogP contribution is -2.19. The zero-order valence-electron chi connectivity index (χ0n) is 14.1. The van der Waals surface area contributed by atoms with Crippen molar-refractivity contribution in [2.45, 2.75) is 6.61 Å². The van der Waals surface area contributed by atoms with Crippen LogP contribution in [0.1, 0.15) is 15.5 Å². The quantitative estimate of drug-likeness (QED) is 0.438. The second-order valence-corrected chi connectivity index (χ2v) is 7.98. The highest BCUT2D eigenvalue weighted by molar-refractivity contribution is 7.20. The van der Waals surface area contributed by atoms with E-state index in [-0.39, 0.29) is 12.2 Å². The van der Waals surface area contributed by atoms with Crippen LogP contribution in [0, 0.1) is 0 Å². The molecule has 0 unspecified atom stereocenters. The number of nitrogens with zero attached hydrogens (tertiary/aromatic N) is 4. The SMILES string of the molecule is Cn1c(=O)c2sccc2n2c(COC(=O)c3cc4ccccc4s3)nnc12. The Morgan fingerprint density at radius 1 is 1.22 bits per heavy atom. The van der Waals surface area contributed by atoms with E-state index in [4.69, 9.17) is 4.74 Å². The summed E-state index contributed by atoms with van der Waals surface area (Å²) in [6, 6.07) is 11.5. The average Bonchev–Trinajstić information content (AvgIpc) is 3.40. The largest absolute Gasteiger partial charge is 0.453 e. The van der Waals surface area contributed by atoms with Crippen LogP contribution in [0.15, 0.2) is 46.6 Å². The fraction of sp³-hybridized carbons (Fsp3) is 0.111. The zero-order valence-corrected chi connectivity index (χ0v) is 15.7. The summed E-state index contributed by atoms with van der Waals surface area (Å²) in [4.78, 5) is 25.4. The molecule has 0 aliphatic heterocycles. The molecule has 5 aromatic rings. The summed E-state index contributed by atoms with van der Waals surface area (Å²) in [7, 11) is 1.65. The van der Waals surface area contributed by atoms with Gasteiger partial charge < -0.3 is 4.74 Å². The molecular formula is C18H12N4O3S2. The second-order valence-electron chi connectivity index (χ2n) is 5.98. The average molecular weight is 396 g/mol. The maximum absolute atomic E-state index is 12.5. The third kappa shape index (κ3) is 2.47. The molecule has 4 heterocycles. The van der Waals surface area contributed by atoms with Gasteiger partial charge in [-0.15, -0.1) is 32.9 Å². The molecule has 1 aromatic carbocycles. The predicted molar refractivity (Wildman–Crippen MR) is 105 cm³/mol. The molecule has 0 bridgehead atoms. The molecule has 0 amide bonds. The Kier molecular flexibility index (Phi) is 3.59. The van der Waals surface area contributed by atoms with Crippen molar-refractivity contribution >= 4 is 54.7 Å². The van der Waals surface area contributed by atoms with Crippen molar-refractivity contribution in [3.8, 4) is 0 Å². The summed E-state index contributed by atoms with van der Waals surface area (Å²) in [6.07, 6.45) is 0. The smallest absolute Gasteiger partial charge is 0.348 e. The molecule has 4 aromatic heterocycles. The van der Waals surface area contributed by atoms with Gasteiger partial charge in [-0.2, -0.15) is 0 Å². The van der Waals surface area contributed by atoms with Crippen LogP contribution < -0.4 is 5.56 Å². The minimum absolute atomic E-state index is 0.0304. The highest BCUT2D eigenvalue weighted by atomic mass is 32.1. The van der Waals surface area contributed by atoms with Gasteiger partial charge in [0.15, 0.2) is 12.4 Å². The molecule has 7 nitrogen and oxygen atoms in total. The molecule has 0 aliphatic rings. The van der Waals surface area contributed by atoms with Gasteiger partial charge in [-0.25, -0.2) is 4.79 Å². The third-order valence-corrected chi connectivity index (χ3v) is 6.34. The number of thiophene rings is 2. The van der Waals surface area contributed by atoms with Crippen molar-refractivity contribution < 1.29 is 9.53 Å². The van der Waals surface area contributed by atoms with Crippen LogP contribution in [-0.2, 0) is 18.4 Å². The zero-order chi connectivity index (χ0) is 18.5. The van der Waals surface area contributed by atoms with Gasteiger partial charge in [0.1, 0.15) is 9.58 Å².